The van der Waals surface area contributed by atoms with Crippen LogP contribution in [0.4, 0.5) is 0 Å². The van der Waals surface area contributed by atoms with Crippen LogP contribution in [0.2, 0.25) is 0 Å². The average molecular weight is 400 g/mol. The summed E-state index contributed by atoms with van der Waals surface area (Å²) < 4.78 is 10.6. The molecule has 29 heavy (non-hydrogen) atoms. The van der Waals surface area contributed by atoms with Gasteiger partial charge in [-0.25, -0.2) is 4.79 Å². The number of carbonyl (C=O) groups is 2. The van der Waals surface area contributed by atoms with Crippen LogP contribution in [0.15, 0.2) is 27.4 Å². The minimum atomic E-state index is -0.421. The lowest BCUT2D eigenvalue weighted by atomic mass is 9.96. The van der Waals surface area contributed by atoms with E-state index in [2.05, 4.69) is 5.32 Å². The van der Waals surface area contributed by atoms with Crippen LogP contribution in [0.3, 0.4) is 0 Å². The van der Waals surface area contributed by atoms with Crippen LogP contribution in [-0.2, 0) is 16.0 Å². The Labute approximate surface area is 170 Å². The number of ether oxygens (including phenoxy) is 1. The zero-order chi connectivity index (χ0) is 21.0. The Balaban J connectivity index is 1.70. The molecule has 1 N–H and O–H groups in total. The highest BCUT2D eigenvalue weighted by atomic mass is 16.5. The lowest BCUT2D eigenvalue weighted by Gasteiger charge is -2.32. The number of methoxy groups -OCH3 is 1. The van der Waals surface area contributed by atoms with E-state index >= 15 is 0 Å². The molecule has 1 aromatic heterocycles. The molecule has 2 aromatic rings. The summed E-state index contributed by atoms with van der Waals surface area (Å²) in [6.45, 7) is 5.44. The third-order valence-corrected chi connectivity index (χ3v) is 5.58. The van der Waals surface area contributed by atoms with Crippen molar-refractivity contribution in [2.24, 2.45) is 5.92 Å². The normalized spacial score (nSPS) is 16.7. The SMILES string of the molecule is CCNC(=O)[C@@H]1CCCN(C(=O)CCc2c(C)c3ccc(OC)cc3oc2=O)C1. The molecule has 0 spiro atoms. The zero-order valence-electron chi connectivity index (χ0n) is 17.2. The molecule has 0 bridgehead atoms. The fourth-order valence-electron chi connectivity index (χ4n) is 3.92. The highest BCUT2D eigenvalue weighted by Crippen LogP contribution is 2.25. The molecule has 0 saturated carbocycles. The van der Waals surface area contributed by atoms with Gasteiger partial charge in [-0.2, -0.15) is 0 Å². The predicted molar refractivity (Wildman–Crippen MR) is 110 cm³/mol. The Hall–Kier alpha value is -2.83. The van der Waals surface area contributed by atoms with E-state index in [4.69, 9.17) is 9.15 Å². The van der Waals surface area contributed by atoms with Crippen LogP contribution in [0.25, 0.3) is 11.0 Å². The first-order valence-corrected chi connectivity index (χ1v) is 10.1. The molecule has 1 saturated heterocycles. The van der Waals surface area contributed by atoms with Crippen molar-refractivity contribution in [1.82, 2.24) is 10.2 Å². The minimum absolute atomic E-state index is 0.00597. The van der Waals surface area contributed by atoms with Gasteiger partial charge in [0.2, 0.25) is 11.8 Å². The molecule has 1 aliphatic heterocycles. The van der Waals surface area contributed by atoms with E-state index in [0.717, 1.165) is 23.8 Å². The first kappa shape index (κ1) is 20.9. The molecule has 2 heterocycles. The minimum Gasteiger partial charge on any atom is -0.497 e. The van der Waals surface area contributed by atoms with E-state index < -0.39 is 5.63 Å². The maximum Gasteiger partial charge on any atom is 0.339 e. The number of carbonyl (C=O) groups excluding carboxylic acids is 2. The lowest BCUT2D eigenvalue weighted by Crippen LogP contribution is -2.45. The van der Waals surface area contributed by atoms with Gasteiger partial charge in [-0.05, 0) is 50.8 Å². The van der Waals surface area contributed by atoms with E-state index in [0.29, 0.717) is 43.0 Å². The first-order chi connectivity index (χ1) is 13.9. The van der Waals surface area contributed by atoms with Gasteiger partial charge >= 0.3 is 5.63 Å². The Morgan fingerprint density at radius 2 is 2.14 bits per heavy atom. The van der Waals surface area contributed by atoms with Crippen LogP contribution in [-0.4, -0.2) is 43.5 Å². The average Bonchev–Trinajstić information content (AvgIpc) is 2.73. The van der Waals surface area contributed by atoms with E-state index in [1.807, 2.05) is 26.0 Å². The molecule has 156 valence electrons. The maximum absolute atomic E-state index is 12.7. The molecule has 0 aliphatic carbocycles. The topological polar surface area (TPSA) is 88.8 Å². The van der Waals surface area contributed by atoms with Crippen LogP contribution in [0.5, 0.6) is 5.75 Å². The van der Waals surface area contributed by atoms with Crippen molar-refractivity contribution in [2.75, 3.05) is 26.7 Å². The number of fused-ring (bicyclic) bond motifs is 1. The van der Waals surface area contributed by atoms with Gasteiger partial charge in [0.25, 0.3) is 0 Å². The number of likely N-dealkylation sites (tertiary alicyclic amines) is 1. The van der Waals surface area contributed by atoms with Gasteiger partial charge in [0, 0.05) is 43.1 Å². The largest absolute Gasteiger partial charge is 0.497 e. The molecular weight excluding hydrogens is 372 g/mol. The fourth-order valence-corrected chi connectivity index (χ4v) is 3.92. The number of nitrogens with zero attached hydrogens (tertiary/aromatic N) is 1. The summed E-state index contributed by atoms with van der Waals surface area (Å²) in [6, 6.07) is 5.37. The summed E-state index contributed by atoms with van der Waals surface area (Å²) in [4.78, 5) is 39.0. The van der Waals surface area contributed by atoms with Crippen LogP contribution >= 0.6 is 0 Å². The number of aryl methyl sites for hydroxylation is 1. The quantitative estimate of drug-likeness (QED) is 0.753. The van der Waals surface area contributed by atoms with Crippen molar-refractivity contribution in [2.45, 2.75) is 39.5 Å². The van der Waals surface area contributed by atoms with Gasteiger partial charge in [-0.1, -0.05) is 0 Å². The van der Waals surface area contributed by atoms with Crippen molar-refractivity contribution < 1.29 is 18.7 Å². The van der Waals surface area contributed by atoms with Gasteiger partial charge in [0.15, 0.2) is 0 Å². The number of hydrogen-bond acceptors (Lipinski definition) is 5. The van der Waals surface area contributed by atoms with Crippen molar-refractivity contribution in [3.63, 3.8) is 0 Å². The standard InChI is InChI=1S/C22H28N2O5/c1-4-23-21(26)15-6-5-11-24(13-15)20(25)10-9-18-14(2)17-8-7-16(28-3)12-19(17)29-22(18)27/h7-8,12,15H,4-6,9-11,13H2,1-3H3,(H,23,26)/t15-/m1/s1. The molecule has 3 rings (SSSR count). The third kappa shape index (κ3) is 4.60. The van der Waals surface area contributed by atoms with Gasteiger partial charge < -0.3 is 19.4 Å². The second kappa shape index (κ2) is 9.11. The molecule has 0 unspecified atom stereocenters. The third-order valence-electron chi connectivity index (χ3n) is 5.58. The van der Waals surface area contributed by atoms with E-state index in [-0.39, 0.29) is 24.2 Å². The summed E-state index contributed by atoms with van der Waals surface area (Å²) in [5.74, 6) is 0.434. The molecule has 7 nitrogen and oxygen atoms in total. The highest BCUT2D eigenvalue weighted by Gasteiger charge is 2.28. The van der Waals surface area contributed by atoms with Crippen LogP contribution < -0.4 is 15.7 Å². The fraction of sp³-hybridized carbons (Fsp3) is 0.500. The number of piperidine rings is 1. The second-order valence-corrected chi connectivity index (χ2v) is 7.43. The van der Waals surface area contributed by atoms with Gasteiger partial charge in [-0.3, -0.25) is 9.59 Å². The van der Waals surface area contributed by atoms with Crippen molar-refractivity contribution in [3.05, 3.63) is 39.7 Å². The zero-order valence-corrected chi connectivity index (χ0v) is 17.2. The lowest BCUT2D eigenvalue weighted by molar-refractivity contribution is -0.135. The number of amides is 2. The van der Waals surface area contributed by atoms with Crippen molar-refractivity contribution in [1.29, 1.82) is 0 Å². The predicted octanol–water partition coefficient (Wildman–Crippen LogP) is 2.42. The number of rotatable bonds is 6. The van der Waals surface area contributed by atoms with Crippen molar-refractivity contribution in [3.8, 4) is 5.75 Å². The smallest absolute Gasteiger partial charge is 0.339 e. The van der Waals surface area contributed by atoms with Gasteiger partial charge in [-0.15, -0.1) is 0 Å². The molecule has 1 atom stereocenters. The number of nitrogens with one attached hydrogen (secondary N) is 1. The Kier molecular flexibility index (Phi) is 6.56. The van der Waals surface area contributed by atoms with E-state index in [1.165, 1.54) is 0 Å². The monoisotopic (exact) mass is 400 g/mol. The summed E-state index contributed by atoms with van der Waals surface area (Å²) in [6.07, 6.45) is 2.14. The summed E-state index contributed by atoms with van der Waals surface area (Å²) in [5, 5.41) is 3.67. The Morgan fingerprint density at radius 1 is 1.34 bits per heavy atom. The Bertz CT molecular complexity index is 966. The van der Waals surface area contributed by atoms with Gasteiger partial charge in [0.05, 0.1) is 13.0 Å². The summed E-state index contributed by atoms with van der Waals surface area (Å²) in [5.41, 5.74) is 1.40. The van der Waals surface area contributed by atoms with Crippen molar-refractivity contribution >= 4 is 22.8 Å². The Morgan fingerprint density at radius 3 is 2.86 bits per heavy atom. The summed E-state index contributed by atoms with van der Waals surface area (Å²) >= 11 is 0. The molecule has 7 heteroatoms. The molecule has 0 radical (unpaired) electrons. The maximum atomic E-state index is 12.7. The first-order valence-electron chi connectivity index (χ1n) is 10.1. The van der Waals surface area contributed by atoms with Crippen LogP contribution in [0.1, 0.15) is 37.3 Å². The molecule has 1 fully saturated rings. The molecule has 2 amide bonds. The highest BCUT2D eigenvalue weighted by molar-refractivity contribution is 5.83. The van der Waals surface area contributed by atoms with E-state index in [1.54, 1.807) is 18.1 Å². The number of benzene rings is 1. The molecule has 1 aromatic carbocycles. The van der Waals surface area contributed by atoms with Gasteiger partial charge in [0.1, 0.15) is 11.3 Å². The second-order valence-electron chi connectivity index (χ2n) is 7.43. The van der Waals surface area contributed by atoms with Crippen LogP contribution in [0, 0.1) is 12.8 Å². The molecule has 1 aliphatic rings. The summed E-state index contributed by atoms with van der Waals surface area (Å²) in [7, 11) is 1.56. The molecular formula is C22H28N2O5. The van der Waals surface area contributed by atoms with E-state index in [9.17, 15) is 14.4 Å². The number of hydrogen-bond donors (Lipinski definition) is 1.